The number of carbonyl (C=O) groups excluding carboxylic acids is 2. The van der Waals surface area contributed by atoms with E-state index >= 15 is 0 Å². The molecule has 3 aliphatic rings. The number of methoxy groups -OCH3 is 1. The minimum Gasteiger partial charge on any atom is -0.497 e. The van der Waals surface area contributed by atoms with Crippen molar-refractivity contribution in [1.29, 1.82) is 0 Å². The summed E-state index contributed by atoms with van der Waals surface area (Å²) in [5.74, 6) is 1.75. The largest absolute Gasteiger partial charge is 0.497 e. The first-order valence-electron chi connectivity index (χ1n) is 12.4. The molecule has 2 aliphatic heterocycles. The van der Waals surface area contributed by atoms with E-state index in [1.165, 1.54) is 11.1 Å². The van der Waals surface area contributed by atoms with Gasteiger partial charge in [0.1, 0.15) is 11.9 Å². The van der Waals surface area contributed by atoms with Gasteiger partial charge in [0.25, 0.3) is 0 Å². The maximum absolute atomic E-state index is 12.9. The van der Waals surface area contributed by atoms with Crippen LogP contribution < -0.4 is 4.74 Å². The van der Waals surface area contributed by atoms with Crippen molar-refractivity contribution in [2.75, 3.05) is 20.2 Å². The summed E-state index contributed by atoms with van der Waals surface area (Å²) in [6, 6.07) is 15.7. The number of hydrogen-bond donors (Lipinski definition) is 0. The van der Waals surface area contributed by atoms with Crippen LogP contribution in [0, 0.1) is 0 Å². The lowest BCUT2D eigenvalue weighted by molar-refractivity contribution is -0.132. The SMILES string of the molecule is COc1ccc(-c2noc(CCC(=O)N3CCC(N4C(=O)O[C@@H]5Cc6ccccc6[C@@H]54)CC3)n2)cc1. The molecule has 1 aromatic heterocycles. The summed E-state index contributed by atoms with van der Waals surface area (Å²) in [5.41, 5.74) is 3.28. The molecule has 2 fully saturated rings. The molecule has 0 saturated carbocycles. The molecule has 0 radical (unpaired) electrons. The Morgan fingerprint density at radius 2 is 1.89 bits per heavy atom. The highest BCUT2D eigenvalue weighted by Crippen LogP contribution is 2.44. The predicted octanol–water partition coefficient (Wildman–Crippen LogP) is 3.79. The van der Waals surface area contributed by atoms with Crippen LogP contribution in [0.2, 0.25) is 0 Å². The third-order valence-corrected chi connectivity index (χ3v) is 7.49. The van der Waals surface area contributed by atoms with E-state index in [0.29, 0.717) is 37.6 Å². The van der Waals surface area contributed by atoms with E-state index in [-0.39, 0.29) is 30.2 Å². The van der Waals surface area contributed by atoms with Gasteiger partial charge in [-0.05, 0) is 48.2 Å². The standard InChI is InChI=1S/C27H28N4O5/c1-34-20-8-6-17(7-9-20)26-28-23(36-29-26)10-11-24(32)30-14-12-19(13-15-30)31-25-21-5-3-2-4-18(21)16-22(25)35-27(31)33/h2-9,19,22,25H,10-16H2,1H3/t22-,25+/m1/s1. The molecule has 2 aromatic carbocycles. The Balaban J connectivity index is 1.03. The zero-order valence-corrected chi connectivity index (χ0v) is 20.1. The summed E-state index contributed by atoms with van der Waals surface area (Å²) in [7, 11) is 1.62. The van der Waals surface area contributed by atoms with E-state index in [1.54, 1.807) is 7.11 Å². The lowest BCUT2D eigenvalue weighted by Gasteiger charge is -2.38. The number of hydrogen-bond acceptors (Lipinski definition) is 7. The Morgan fingerprint density at radius 1 is 1.11 bits per heavy atom. The average Bonchev–Trinajstić information content (AvgIpc) is 3.61. The van der Waals surface area contributed by atoms with Gasteiger partial charge in [-0.2, -0.15) is 4.98 Å². The average molecular weight is 489 g/mol. The molecule has 0 N–H and O–H groups in total. The topological polar surface area (TPSA) is 98.0 Å². The lowest BCUT2D eigenvalue weighted by Crippen LogP contribution is -2.47. The molecule has 0 spiro atoms. The van der Waals surface area contributed by atoms with Crippen molar-refractivity contribution in [1.82, 2.24) is 19.9 Å². The van der Waals surface area contributed by atoms with Gasteiger partial charge in [-0.25, -0.2) is 4.79 Å². The van der Waals surface area contributed by atoms with Crippen molar-refractivity contribution in [3.8, 4) is 17.1 Å². The second-order valence-electron chi connectivity index (χ2n) is 9.53. The first-order chi connectivity index (χ1) is 17.6. The maximum Gasteiger partial charge on any atom is 0.411 e. The normalized spacial score (nSPS) is 21.3. The van der Waals surface area contributed by atoms with Gasteiger partial charge in [0.15, 0.2) is 0 Å². The number of rotatable bonds is 6. The lowest BCUT2D eigenvalue weighted by atomic mass is 9.99. The number of benzene rings is 2. The van der Waals surface area contributed by atoms with E-state index in [9.17, 15) is 9.59 Å². The van der Waals surface area contributed by atoms with E-state index < -0.39 is 0 Å². The van der Waals surface area contributed by atoms with Crippen LogP contribution in [0.4, 0.5) is 4.79 Å². The van der Waals surface area contributed by atoms with Crippen molar-refractivity contribution in [2.45, 2.75) is 50.3 Å². The highest BCUT2D eigenvalue weighted by Gasteiger charge is 2.50. The quantitative estimate of drug-likeness (QED) is 0.521. The molecule has 36 heavy (non-hydrogen) atoms. The highest BCUT2D eigenvalue weighted by molar-refractivity contribution is 5.76. The van der Waals surface area contributed by atoms with E-state index in [2.05, 4.69) is 22.3 Å². The highest BCUT2D eigenvalue weighted by atomic mass is 16.6. The number of aromatic nitrogens is 2. The minimum absolute atomic E-state index is 0.0154. The Bertz CT molecular complexity index is 1270. The maximum atomic E-state index is 12.9. The summed E-state index contributed by atoms with van der Waals surface area (Å²) in [6.45, 7) is 1.24. The molecule has 3 aromatic rings. The summed E-state index contributed by atoms with van der Waals surface area (Å²) >= 11 is 0. The van der Waals surface area contributed by atoms with Gasteiger partial charge in [0.05, 0.1) is 13.2 Å². The van der Waals surface area contributed by atoms with Crippen molar-refractivity contribution >= 4 is 12.0 Å². The van der Waals surface area contributed by atoms with E-state index in [0.717, 1.165) is 30.6 Å². The number of ether oxygens (including phenoxy) is 2. The molecule has 186 valence electrons. The number of fused-ring (bicyclic) bond motifs is 3. The Hall–Kier alpha value is -3.88. The Morgan fingerprint density at radius 3 is 2.67 bits per heavy atom. The van der Waals surface area contributed by atoms with E-state index in [1.807, 2.05) is 46.2 Å². The van der Waals surface area contributed by atoms with Crippen LogP contribution in [0.15, 0.2) is 53.1 Å². The Labute approximate surface area is 209 Å². The van der Waals surface area contributed by atoms with Crippen molar-refractivity contribution in [3.05, 3.63) is 65.5 Å². The van der Waals surface area contributed by atoms with Crippen LogP contribution in [-0.4, -0.2) is 64.3 Å². The number of piperidine rings is 1. The molecular formula is C27H28N4O5. The van der Waals surface area contributed by atoms with Gasteiger partial charge in [-0.15, -0.1) is 0 Å². The molecule has 9 heteroatoms. The first kappa shape index (κ1) is 22.6. The van der Waals surface area contributed by atoms with E-state index in [4.69, 9.17) is 14.0 Å². The van der Waals surface area contributed by atoms with Gasteiger partial charge in [-0.1, -0.05) is 29.4 Å². The van der Waals surface area contributed by atoms with Crippen molar-refractivity contribution < 1.29 is 23.6 Å². The third kappa shape index (κ3) is 4.08. The smallest absolute Gasteiger partial charge is 0.411 e. The molecule has 0 bridgehead atoms. The predicted molar refractivity (Wildman–Crippen MR) is 129 cm³/mol. The summed E-state index contributed by atoms with van der Waals surface area (Å²) < 4.78 is 16.2. The fourth-order valence-corrected chi connectivity index (χ4v) is 5.63. The number of carbonyl (C=O) groups is 2. The molecule has 2 atom stereocenters. The Kier molecular flexibility index (Phi) is 5.83. The fraction of sp³-hybridized carbons (Fsp3) is 0.407. The van der Waals surface area contributed by atoms with Crippen LogP contribution in [0.3, 0.4) is 0 Å². The monoisotopic (exact) mass is 488 g/mol. The zero-order valence-electron chi connectivity index (χ0n) is 20.1. The molecule has 6 rings (SSSR count). The van der Waals surface area contributed by atoms with Gasteiger partial charge in [0.2, 0.25) is 17.6 Å². The number of nitrogens with zero attached hydrogens (tertiary/aromatic N) is 4. The third-order valence-electron chi connectivity index (χ3n) is 7.49. The molecule has 0 unspecified atom stereocenters. The van der Waals surface area contributed by atoms with Crippen LogP contribution >= 0.6 is 0 Å². The molecule has 2 amide bonds. The second kappa shape index (κ2) is 9.29. The van der Waals surface area contributed by atoms with Crippen LogP contribution in [0.1, 0.15) is 42.3 Å². The number of likely N-dealkylation sites (tertiary alicyclic amines) is 1. The molecular weight excluding hydrogens is 460 g/mol. The zero-order chi connectivity index (χ0) is 24.6. The second-order valence-corrected chi connectivity index (χ2v) is 9.53. The molecule has 9 nitrogen and oxygen atoms in total. The van der Waals surface area contributed by atoms with Gasteiger partial charge in [0, 0.05) is 44.0 Å². The van der Waals surface area contributed by atoms with Gasteiger partial charge >= 0.3 is 6.09 Å². The summed E-state index contributed by atoms with van der Waals surface area (Å²) in [4.78, 5) is 33.8. The van der Waals surface area contributed by atoms with Crippen LogP contribution in [0.25, 0.3) is 11.4 Å². The first-order valence-corrected chi connectivity index (χ1v) is 12.4. The molecule has 1 aliphatic carbocycles. The van der Waals surface area contributed by atoms with Gasteiger partial charge in [-0.3, -0.25) is 9.69 Å². The fourth-order valence-electron chi connectivity index (χ4n) is 5.63. The van der Waals surface area contributed by atoms with Crippen molar-refractivity contribution in [2.24, 2.45) is 0 Å². The number of aryl methyl sites for hydroxylation is 1. The number of amides is 2. The van der Waals surface area contributed by atoms with Crippen molar-refractivity contribution in [3.63, 3.8) is 0 Å². The molecule has 2 saturated heterocycles. The van der Waals surface area contributed by atoms with Crippen LogP contribution in [-0.2, 0) is 22.4 Å². The summed E-state index contributed by atoms with van der Waals surface area (Å²) in [6.07, 6.45) is 2.62. The minimum atomic E-state index is -0.228. The summed E-state index contributed by atoms with van der Waals surface area (Å²) in [5, 5.41) is 4.03. The molecule has 3 heterocycles. The van der Waals surface area contributed by atoms with Gasteiger partial charge < -0.3 is 18.9 Å². The van der Waals surface area contributed by atoms with Crippen LogP contribution in [0.5, 0.6) is 5.75 Å².